The molecule has 2 rings (SSSR count). The van der Waals surface area contributed by atoms with Gasteiger partial charge in [0, 0.05) is 11.9 Å². The number of nitrogens with one attached hydrogen (secondary N) is 1. The van der Waals surface area contributed by atoms with Crippen LogP contribution in [-0.4, -0.2) is 23.0 Å². The average molecular weight is 319 g/mol. The fraction of sp³-hybridized carbons (Fsp3) is 0.188. The van der Waals surface area contributed by atoms with E-state index in [9.17, 15) is 9.59 Å². The lowest BCUT2D eigenvalue weighted by atomic mass is 10.2. The van der Waals surface area contributed by atoms with Gasteiger partial charge in [-0.1, -0.05) is 23.7 Å². The average Bonchev–Trinajstić information content (AvgIpc) is 2.47. The number of carbonyl (C=O) groups excluding carboxylic acids is 2. The van der Waals surface area contributed by atoms with Crippen molar-refractivity contribution in [2.75, 3.05) is 5.32 Å². The zero-order chi connectivity index (χ0) is 16.1. The van der Waals surface area contributed by atoms with Crippen LogP contribution in [0, 0.1) is 6.92 Å². The first kappa shape index (κ1) is 16.0. The predicted molar refractivity (Wildman–Crippen MR) is 83.9 cm³/mol. The van der Waals surface area contributed by atoms with Crippen LogP contribution in [0.5, 0.6) is 0 Å². The van der Waals surface area contributed by atoms with Crippen molar-refractivity contribution in [2.24, 2.45) is 0 Å². The highest BCUT2D eigenvalue weighted by atomic mass is 35.5. The molecule has 1 unspecified atom stereocenters. The molecule has 1 heterocycles. The molecular weight excluding hydrogens is 304 g/mol. The zero-order valence-corrected chi connectivity index (χ0v) is 12.9. The van der Waals surface area contributed by atoms with E-state index in [-0.39, 0.29) is 10.7 Å². The molecule has 1 aromatic heterocycles. The number of pyridine rings is 1. The van der Waals surface area contributed by atoms with Crippen molar-refractivity contribution in [1.82, 2.24) is 4.98 Å². The van der Waals surface area contributed by atoms with Gasteiger partial charge in [-0.05, 0) is 43.7 Å². The maximum Gasteiger partial charge on any atom is 0.342 e. The number of rotatable bonds is 4. The highest BCUT2D eigenvalue weighted by molar-refractivity contribution is 6.32. The van der Waals surface area contributed by atoms with E-state index in [4.69, 9.17) is 16.3 Å². The van der Waals surface area contributed by atoms with Gasteiger partial charge in [-0.3, -0.25) is 4.79 Å². The van der Waals surface area contributed by atoms with Crippen molar-refractivity contribution in [1.29, 1.82) is 0 Å². The highest BCUT2D eigenvalue weighted by Crippen LogP contribution is 2.15. The van der Waals surface area contributed by atoms with Gasteiger partial charge in [-0.25, -0.2) is 9.78 Å². The van der Waals surface area contributed by atoms with E-state index in [0.29, 0.717) is 5.69 Å². The van der Waals surface area contributed by atoms with E-state index in [2.05, 4.69) is 10.3 Å². The first-order valence-electron chi connectivity index (χ1n) is 6.66. The number of hydrogen-bond donors (Lipinski definition) is 1. The Balaban J connectivity index is 1.99. The largest absolute Gasteiger partial charge is 0.449 e. The quantitative estimate of drug-likeness (QED) is 0.694. The fourth-order valence-electron chi connectivity index (χ4n) is 1.78. The molecule has 1 atom stereocenters. The summed E-state index contributed by atoms with van der Waals surface area (Å²) < 4.78 is 5.11. The minimum atomic E-state index is -0.954. The molecule has 0 fully saturated rings. The normalized spacial score (nSPS) is 11.6. The number of hydrogen-bond acceptors (Lipinski definition) is 4. The molecule has 6 heteroatoms. The van der Waals surface area contributed by atoms with Gasteiger partial charge in [0.15, 0.2) is 6.10 Å². The van der Waals surface area contributed by atoms with Crippen LogP contribution < -0.4 is 5.32 Å². The van der Waals surface area contributed by atoms with Crippen LogP contribution in [0.4, 0.5) is 5.69 Å². The molecule has 1 amide bonds. The molecule has 0 aliphatic heterocycles. The Morgan fingerprint density at radius 3 is 2.73 bits per heavy atom. The van der Waals surface area contributed by atoms with Crippen molar-refractivity contribution in [3.8, 4) is 0 Å². The summed E-state index contributed by atoms with van der Waals surface area (Å²) in [6, 6.07) is 10.4. The van der Waals surface area contributed by atoms with E-state index >= 15 is 0 Å². The van der Waals surface area contributed by atoms with Gasteiger partial charge in [0.05, 0.1) is 5.56 Å². The molecule has 22 heavy (non-hydrogen) atoms. The maximum absolute atomic E-state index is 12.0. The molecule has 0 saturated carbocycles. The molecule has 5 nitrogen and oxygen atoms in total. The van der Waals surface area contributed by atoms with Crippen molar-refractivity contribution in [3.05, 3.63) is 58.9 Å². The number of nitrogens with zero attached hydrogens (tertiary/aromatic N) is 1. The van der Waals surface area contributed by atoms with Gasteiger partial charge < -0.3 is 10.1 Å². The first-order valence-corrected chi connectivity index (χ1v) is 7.04. The third-order valence-corrected chi connectivity index (χ3v) is 3.22. The Bertz CT molecular complexity index is 703. The molecule has 0 spiro atoms. The summed E-state index contributed by atoms with van der Waals surface area (Å²) in [7, 11) is 0. The molecule has 0 aliphatic rings. The molecule has 0 bridgehead atoms. The van der Waals surface area contributed by atoms with E-state index in [1.54, 1.807) is 12.1 Å². The Morgan fingerprint density at radius 1 is 1.27 bits per heavy atom. The van der Waals surface area contributed by atoms with E-state index in [1.807, 2.05) is 25.1 Å². The SMILES string of the molecule is Cc1cccc(NC(=O)C(C)OC(=O)c2cccnc2Cl)c1. The Labute approximate surface area is 133 Å². The van der Waals surface area contributed by atoms with Crippen LogP contribution in [0.25, 0.3) is 0 Å². The molecule has 1 N–H and O–H groups in total. The summed E-state index contributed by atoms with van der Waals surface area (Å²) in [5.74, 6) is -1.11. The standard InChI is InChI=1S/C16H15ClN2O3/c1-10-5-3-6-12(9-10)19-15(20)11(2)22-16(21)13-7-4-8-18-14(13)17/h3-9,11H,1-2H3,(H,19,20). The van der Waals surface area contributed by atoms with Crippen LogP contribution in [0.15, 0.2) is 42.6 Å². The molecular formula is C16H15ClN2O3. The minimum Gasteiger partial charge on any atom is -0.449 e. The summed E-state index contributed by atoms with van der Waals surface area (Å²) in [6.07, 6.45) is 0.511. The van der Waals surface area contributed by atoms with Gasteiger partial charge in [-0.15, -0.1) is 0 Å². The maximum atomic E-state index is 12.0. The lowest BCUT2D eigenvalue weighted by Gasteiger charge is -2.14. The summed E-state index contributed by atoms with van der Waals surface area (Å²) in [5, 5.41) is 2.73. The smallest absolute Gasteiger partial charge is 0.342 e. The lowest BCUT2D eigenvalue weighted by Crippen LogP contribution is -2.30. The number of amides is 1. The first-order chi connectivity index (χ1) is 10.5. The number of halogens is 1. The zero-order valence-electron chi connectivity index (χ0n) is 12.2. The highest BCUT2D eigenvalue weighted by Gasteiger charge is 2.20. The van der Waals surface area contributed by atoms with E-state index in [0.717, 1.165) is 5.56 Å². The summed E-state index contributed by atoms with van der Waals surface area (Å²) in [5.41, 5.74) is 1.79. The van der Waals surface area contributed by atoms with Gasteiger partial charge in [0.2, 0.25) is 0 Å². The molecule has 0 saturated heterocycles. The number of aromatic nitrogens is 1. The van der Waals surface area contributed by atoms with Crippen LogP contribution in [-0.2, 0) is 9.53 Å². The number of aryl methyl sites for hydroxylation is 1. The number of esters is 1. The van der Waals surface area contributed by atoms with Crippen molar-refractivity contribution >= 4 is 29.2 Å². The van der Waals surface area contributed by atoms with Gasteiger partial charge in [0.25, 0.3) is 5.91 Å². The van der Waals surface area contributed by atoms with Gasteiger partial charge >= 0.3 is 5.97 Å². The van der Waals surface area contributed by atoms with Gasteiger partial charge in [0.1, 0.15) is 5.15 Å². The number of benzene rings is 1. The molecule has 0 aliphatic carbocycles. The molecule has 2 aromatic rings. The second kappa shape index (κ2) is 7.04. The second-order valence-electron chi connectivity index (χ2n) is 4.75. The van der Waals surface area contributed by atoms with E-state index in [1.165, 1.54) is 19.2 Å². The predicted octanol–water partition coefficient (Wildman–Crippen LogP) is 3.23. The number of ether oxygens (including phenoxy) is 1. The minimum absolute atomic E-state index is 0.0405. The van der Waals surface area contributed by atoms with Crippen LogP contribution in [0.1, 0.15) is 22.8 Å². The molecule has 1 aromatic carbocycles. The molecule has 114 valence electrons. The molecule has 0 radical (unpaired) electrons. The Hall–Kier alpha value is -2.40. The summed E-state index contributed by atoms with van der Waals surface area (Å²) >= 11 is 5.82. The third-order valence-electron chi connectivity index (χ3n) is 2.92. The number of carbonyl (C=O) groups is 2. The van der Waals surface area contributed by atoms with Crippen LogP contribution in [0.2, 0.25) is 5.15 Å². The van der Waals surface area contributed by atoms with Crippen LogP contribution in [0.3, 0.4) is 0 Å². The van der Waals surface area contributed by atoms with Crippen molar-refractivity contribution in [2.45, 2.75) is 20.0 Å². The topological polar surface area (TPSA) is 68.3 Å². The third kappa shape index (κ3) is 4.05. The summed E-state index contributed by atoms with van der Waals surface area (Å²) in [6.45, 7) is 3.41. The fourth-order valence-corrected chi connectivity index (χ4v) is 1.98. The lowest BCUT2D eigenvalue weighted by molar-refractivity contribution is -0.123. The number of anilines is 1. The van der Waals surface area contributed by atoms with E-state index < -0.39 is 18.0 Å². The van der Waals surface area contributed by atoms with Crippen LogP contribution >= 0.6 is 11.6 Å². The monoisotopic (exact) mass is 318 g/mol. The van der Waals surface area contributed by atoms with Crippen molar-refractivity contribution < 1.29 is 14.3 Å². The van der Waals surface area contributed by atoms with Gasteiger partial charge in [-0.2, -0.15) is 0 Å². The Kier molecular flexibility index (Phi) is 5.12. The second-order valence-corrected chi connectivity index (χ2v) is 5.11. The Morgan fingerprint density at radius 2 is 2.05 bits per heavy atom. The van der Waals surface area contributed by atoms with Crippen molar-refractivity contribution in [3.63, 3.8) is 0 Å². The summed E-state index contributed by atoms with van der Waals surface area (Å²) in [4.78, 5) is 27.8.